The lowest BCUT2D eigenvalue weighted by Gasteiger charge is -2.20. The number of aryl methyl sites for hydroxylation is 1. The largest absolute Gasteiger partial charge is 0.224 e. The van der Waals surface area contributed by atoms with E-state index in [2.05, 4.69) is 30.1 Å². The third-order valence-corrected chi connectivity index (χ3v) is 3.41. The highest BCUT2D eigenvalue weighted by Gasteiger charge is 2.24. The molecule has 2 nitrogen and oxygen atoms in total. The SMILES string of the molecule is CCCCCCC(C)(C)c1nsc(C)n1. The van der Waals surface area contributed by atoms with Crippen LogP contribution in [-0.2, 0) is 5.41 Å². The van der Waals surface area contributed by atoms with Crippen molar-refractivity contribution in [1.82, 2.24) is 9.36 Å². The van der Waals surface area contributed by atoms with Gasteiger partial charge in [-0.3, -0.25) is 0 Å². The Hall–Kier alpha value is -0.440. The zero-order chi connectivity index (χ0) is 11.3. The fourth-order valence-electron chi connectivity index (χ4n) is 1.68. The second-order valence-electron chi connectivity index (χ2n) is 4.83. The van der Waals surface area contributed by atoms with Crippen molar-refractivity contribution >= 4 is 11.5 Å². The molecule has 0 saturated heterocycles. The first kappa shape index (κ1) is 12.6. The van der Waals surface area contributed by atoms with Gasteiger partial charge in [0.15, 0.2) is 0 Å². The fraction of sp³-hybridized carbons (Fsp3) is 0.833. The average molecular weight is 226 g/mol. The van der Waals surface area contributed by atoms with Crippen molar-refractivity contribution in [1.29, 1.82) is 0 Å². The minimum Gasteiger partial charge on any atom is -0.224 e. The zero-order valence-corrected chi connectivity index (χ0v) is 11.2. The van der Waals surface area contributed by atoms with E-state index in [-0.39, 0.29) is 5.41 Å². The molecule has 0 unspecified atom stereocenters. The molecule has 0 amide bonds. The van der Waals surface area contributed by atoms with Crippen molar-refractivity contribution in [2.75, 3.05) is 0 Å². The third kappa shape index (κ3) is 3.90. The lowest BCUT2D eigenvalue weighted by molar-refractivity contribution is 0.427. The molecule has 0 aromatic carbocycles. The Balaban J connectivity index is 2.44. The van der Waals surface area contributed by atoms with Gasteiger partial charge in [-0.05, 0) is 24.9 Å². The van der Waals surface area contributed by atoms with Gasteiger partial charge >= 0.3 is 0 Å². The molecule has 0 atom stereocenters. The maximum atomic E-state index is 4.49. The predicted octanol–water partition coefficient (Wildman–Crippen LogP) is 4.09. The molecule has 15 heavy (non-hydrogen) atoms. The van der Waals surface area contributed by atoms with E-state index in [1.54, 1.807) is 0 Å². The molecule has 1 heterocycles. The van der Waals surface area contributed by atoms with Gasteiger partial charge in [0, 0.05) is 5.41 Å². The molecule has 86 valence electrons. The maximum absolute atomic E-state index is 4.49. The van der Waals surface area contributed by atoms with Crippen molar-refractivity contribution in [3.05, 3.63) is 10.8 Å². The second kappa shape index (κ2) is 5.59. The van der Waals surface area contributed by atoms with E-state index in [9.17, 15) is 0 Å². The van der Waals surface area contributed by atoms with Gasteiger partial charge < -0.3 is 0 Å². The molecule has 0 spiro atoms. The lowest BCUT2D eigenvalue weighted by atomic mass is 9.86. The second-order valence-corrected chi connectivity index (χ2v) is 5.79. The molecule has 0 aliphatic rings. The number of hydrogen-bond acceptors (Lipinski definition) is 3. The lowest BCUT2D eigenvalue weighted by Crippen LogP contribution is -2.18. The van der Waals surface area contributed by atoms with Gasteiger partial charge in [0.2, 0.25) is 0 Å². The first-order valence-electron chi connectivity index (χ1n) is 5.87. The van der Waals surface area contributed by atoms with Crippen LogP contribution in [0.3, 0.4) is 0 Å². The van der Waals surface area contributed by atoms with Crippen LogP contribution in [0.1, 0.15) is 63.7 Å². The minimum absolute atomic E-state index is 0.151. The van der Waals surface area contributed by atoms with Crippen molar-refractivity contribution in [2.45, 2.75) is 65.2 Å². The number of nitrogens with zero attached hydrogens (tertiary/aromatic N) is 2. The highest BCUT2D eigenvalue weighted by Crippen LogP contribution is 2.27. The Bertz CT molecular complexity index is 292. The van der Waals surface area contributed by atoms with Crippen LogP contribution < -0.4 is 0 Å². The van der Waals surface area contributed by atoms with Gasteiger partial charge in [-0.25, -0.2) is 4.98 Å². The Morgan fingerprint density at radius 1 is 1.20 bits per heavy atom. The van der Waals surface area contributed by atoms with Crippen LogP contribution in [0.15, 0.2) is 0 Å². The Morgan fingerprint density at radius 3 is 2.47 bits per heavy atom. The summed E-state index contributed by atoms with van der Waals surface area (Å²) in [6.07, 6.45) is 6.47. The Kier molecular flexibility index (Phi) is 4.71. The third-order valence-electron chi connectivity index (χ3n) is 2.79. The molecule has 0 N–H and O–H groups in total. The number of hydrogen-bond donors (Lipinski definition) is 0. The van der Waals surface area contributed by atoms with E-state index in [0.29, 0.717) is 0 Å². The highest BCUT2D eigenvalue weighted by atomic mass is 32.1. The normalized spacial score (nSPS) is 12.0. The van der Waals surface area contributed by atoms with E-state index < -0.39 is 0 Å². The molecular weight excluding hydrogens is 204 g/mol. The zero-order valence-electron chi connectivity index (χ0n) is 10.3. The van der Waals surface area contributed by atoms with Gasteiger partial charge in [0.25, 0.3) is 0 Å². The Morgan fingerprint density at radius 2 is 1.93 bits per heavy atom. The fourth-order valence-corrected chi connectivity index (χ4v) is 2.31. The van der Waals surface area contributed by atoms with E-state index in [1.165, 1.54) is 43.6 Å². The molecule has 1 aromatic rings. The van der Waals surface area contributed by atoms with Crippen molar-refractivity contribution in [3.8, 4) is 0 Å². The summed E-state index contributed by atoms with van der Waals surface area (Å²) in [5, 5.41) is 1.08. The summed E-state index contributed by atoms with van der Waals surface area (Å²) in [5.41, 5.74) is 0.151. The molecule has 0 fully saturated rings. The summed E-state index contributed by atoms with van der Waals surface area (Å²) < 4.78 is 4.42. The van der Waals surface area contributed by atoms with Gasteiger partial charge in [0.1, 0.15) is 10.8 Å². The van der Waals surface area contributed by atoms with Gasteiger partial charge in [-0.15, -0.1) is 0 Å². The van der Waals surface area contributed by atoms with Gasteiger partial charge in [-0.1, -0.05) is 46.5 Å². The molecule has 0 radical (unpaired) electrons. The molecule has 0 saturated carbocycles. The van der Waals surface area contributed by atoms with E-state index in [1.807, 2.05) is 6.92 Å². The summed E-state index contributed by atoms with van der Waals surface area (Å²) in [4.78, 5) is 4.49. The Labute approximate surface area is 97.3 Å². The van der Waals surface area contributed by atoms with Crippen molar-refractivity contribution in [2.24, 2.45) is 0 Å². The standard InChI is InChI=1S/C12H22N2S/c1-5-6-7-8-9-12(3,4)11-13-10(2)15-14-11/h5-9H2,1-4H3. The van der Waals surface area contributed by atoms with Gasteiger partial charge in [0.05, 0.1) is 0 Å². The summed E-state index contributed by atoms with van der Waals surface area (Å²) >= 11 is 1.51. The maximum Gasteiger partial charge on any atom is 0.148 e. The minimum atomic E-state index is 0.151. The summed E-state index contributed by atoms with van der Waals surface area (Å²) in [6, 6.07) is 0. The molecule has 0 aliphatic carbocycles. The van der Waals surface area contributed by atoms with Crippen LogP contribution >= 0.6 is 11.5 Å². The average Bonchev–Trinajstić information content (AvgIpc) is 2.60. The van der Waals surface area contributed by atoms with E-state index in [4.69, 9.17) is 0 Å². The summed E-state index contributed by atoms with van der Waals surface area (Å²) in [6.45, 7) is 8.77. The molecule has 0 aliphatic heterocycles. The smallest absolute Gasteiger partial charge is 0.148 e. The van der Waals surface area contributed by atoms with Gasteiger partial charge in [-0.2, -0.15) is 4.37 Å². The number of rotatable bonds is 6. The van der Waals surface area contributed by atoms with Crippen LogP contribution in [-0.4, -0.2) is 9.36 Å². The first-order valence-corrected chi connectivity index (χ1v) is 6.64. The first-order chi connectivity index (χ1) is 7.06. The van der Waals surface area contributed by atoms with Crippen LogP contribution in [0.2, 0.25) is 0 Å². The quantitative estimate of drug-likeness (QED) is 0.683. The van der Waals surface area contributed by atoms with Crippen LogP contribution in [0.25, 0.3) is 0 Å². The molecule has 1 rings (SSSR count). The van der Waals surface area contributed by atoms with E-state index >= 15 is 0 Å². The highest BCUT2D eigenvalue weighted by molar-refractivity contribution is 7.05. The predicted molar refractivity (Wildman–Crippen MR) is 66.4 cm³/mol. The summed E-state index contributed by atoms with van der Waals surface area (Å²) in [5.74, 6) is 1.03. The van der Waals surface area contributed by atoms with Crippen molar-refractivity contribution < 1.29 is 0 Å². The number of aromatic nitrogens is 2. The molecule has 0 bridgehead atoms. The van der Waals surface area contributed by atoms with Crippen LogP contribution in [0.4, 0.5) is 0 Å². The molecular formula is C12H22N2S. The van der Waals surface area contributed by atoms with Crippen LogP contribution in [0.5, 0.6) is 0 Å². The number of unbranched alkanes of at least 4 members (excludes halogenated alkanes) is 3. The van der Waals surface area contributed by atoms with Crippen LogP contribution in [0, 0.1) is 6.92 Å². The molecule has 1 aromatic heterocycles. The van der Waals surface area contributed by atoms with E-state index in [0.717, 1.165) is 10.8 Å². The summed E-state index contributed by atoms with van der Waals surface area (Å²) in [7, 11) is 0. The van der Waals surface area contributed by atoms with Crippen molar-refractivity contribution in [3.63, 3.8) is 0 Å². The topological polar surface area (TPSA) is 25.8 Å². The monoisotopic (exact) mass is 226 g/mol. The molecule has 3 heteroatoms.